The number of carbonyl (C=O) groups excluding carboxylic acids is 1. The Labute approximate surface area is 252 Å². The maximum absolute atomic E-state index is 14.6. The van der Waals surface area contributed by atoms with Crippen LogP contribution in [0.25, 0.3) is 55.8 Å². The predicted molar refractivity (Wildman–Crippen MR) is 167 cm³/mol. The van der Waals surface area contributed by atoms with Gasteiger partial charge in [0.2, 0.25) is 5.91 Å². The molecule has 13 heteroatoms. The lowest BCUT2D eigenvalue weighted by atomic mass is 9.95. The fraction of sp³-hybridized carbons (Fsp3) is 0.226. The van der Waals surface area contributed by atoms with Crippen LogP contribution >= 0.6 is 0 Å². The molecule has 5 aromatic heterocycles. The van der Waals surface area contributed by atoms with Gasteiger partial charge in [-0.15, -0.1) is 0 Å². The summed E-state index contributed by atoms with van der Waals surface area (Å²) in [5.41, 5.74) is 5.48. The second kappa shape index (κ2) is 10.9. The average Bonchev–Trinajstić information content (AvgIpc) is 3.59. The van der Waals surface area contributed by atoms with E-state index in [9.17, 15) is 17.6 Å². The topological polar surface area (TPSA) is 159 Å². The molecule has 0 aliphatic heterocycles. The monoisotopic (exact) mass is 612 g/mol. The summed E-state index contributed by atoms with van der Waals surface area (Å²) < 4.78 is 37.9. The summed E-state index contributed by atoms with van der Waals surface area (Å²) in [6, 6.07) is 8.22. The van der Waals surface area contributed by atoms with Crippen molar-refractivity contribution >= 4 is 43.5 Å². The fourth-order valence-electron chi connectivity index (χ4n) is 4.74. The third kappa shape index (κ3) is 6.04. The van der Waals surface area contributed by atoms with Crippen LogP contribution in [0.2, 0.25) is 0 Å². The van der Waals surface area contributed by atoms with E-state index < -0.39 is 21.1 Å². The van der Waals surface area contributed by atoms with Crippen LogP contribution in [0.5, 0.6) is 0 Å². The summed E-state index contributed by atoms with van der Waals surface area (Å²) in [6.45, 7) is 5.52. The molecular weight excluding hydrogens is 583 g/mol. The van der Waals surface area contributed by atoms with Crippen molar-refractivity contribution in [2.45, 2.75) is 27.2 Å². The van der Waals surface area contributed by atoms with Crippen molar-refractivity contribution in [3.05, 3.63) is 72.7 Å². The molecule has 0 unspecified atom stereocenters. The van der Waals surface area contributed by atoms with Gasteiger partial charge in [0.1, 0.15) is 21.3 Å². The molecule has 6 rings (SSSR count). The van der Waals surface area contributed by atoms with E-state index in [-0.39, 0.29) is 18.1 Å². The Morgan fingerprint density at radius 3 is 2.50 bits per heavy atom. The van der Waals surface area contributed by atoms with E-state index in [2.05, 4.69) is 35.5 Å². The molecule has 0 fully saturated rings. The number of imidazole rings is 1. The number of rotatable bonds is 7. The third-order valence-electron chi connectivity index (χ3n) is 7.08. The second-order valence-corrected chi connectivity index (χ2v) is 14.0. The molecule has 0 aliphatic rings. The number of aromatic nitrogens is 7. The van der Waals surface area contributed by atoms with Gasteiger partial charge in [0.05, 0.1) is 40.3 Å². The molecule has 0 atom stereocenters. The zero-order valence-corrected chi connectivity index (χ0v) is 25.3. The molecule has 5 heterocycles. The first-order valence-corrected chi connectivity index (χ1v) is 15.8. The minimum atomic E-state index is -3.21. The number of hydrogen-bond acceptors (Lipinski definition) is 8. The Morgan fingerprint density at radius 1 is 0.955 bits per heavy atom. The first-order valence-electron chi connectivity index (χ1n) is 13.8. The molecule has 6 aromatic rings. The zero-order chi connectivity index (χ0) is 31.2. The van der Waals surface area contributed by atoms with Gasteiger partial charge in [-0.2, -0.15) is 5.10 Å². The molecule has 0 bridgehead atoms. The number of sulfone groups is 1. The molecule has 0 aliphatic carbocycles. The van der Waals surface area contributed by atoms with Crippen LogP contribution in [0, 0.1) is 11.2 Å². The molecule has 0 saturated heterocycles. The van der Waals surface area contributed by atoms with Gasteiger partial charge in [0.25, 0.3) is 0 Å². The maximum atomic E-state index is 14.6. The van der Waals surface area contributed by atoms with Gasteiger partial charge < -0.3 is 10.3 Å². The number of H-pyrrole nitrogens is 2. The van der Waals surface area contributed by atoms with Crippen LogP contribution in [0.15, 0.2) is 61.3 Å². The normalized spacial score (nSPS) is 12.2. The highest BCUT2D eigenvalue weighted by Gasteiger charge is 2.22. The van der Waals surface area contributed by atoms with Crippen molar-refractivity contribution in [3.63, 3.8) is 0 Å². The van der Waals surface area contributed by atoms with Crippen LogP contribution < -0.4 is 5.32 Å². The van der Waals surface area contributed by atoms with E-state index in [0.29, 0.717) is 56.0 Å². The molecule has 0 radical (unpaired) electrons. The number of nitrogens with one attached hydrogen (secondary N) is 3. The number of aryl methyl sites for hydroxylation is 1. The van der Waals surface area contributed by atoms with E-state index in [4.69, 9.17) is 4.98 Å². The Morgan fingerprint density at radius 2 is 1.73 bits per heavy atom. The lowest BCUT2D eigenvalue weighted by molar-refractivity contribution is -0.123. The highest BCUT2D eigenvalue weighted by Crippen LogP contribution is 2.33. The van der Waals surface area contributed by atoms with Crippen LogP contribution in [-0.4, -0.2) is 61.5 Å². The summed E-state index contributed by atoms with van der Waals surface area (Å²) in [4.78, 5) is 33.7. The first-order chi connectivity index (χ1) is 20.8. The minimum Gasteiger partial charge on any atom is -0.335 e. The highest BCUT2D eigenvalue weighted by atomic mass is 32.2. The quantitative estimate of drug-likeness (QED) is 0.218. The molecule has 3 N–H and O–H groups in total. The molecule has 224 valence electrons. The predicted octanol–water partition coefficient (Wildman–Crippen LogP) is 5.34. The summed E-state index contributed by atoms with van der Waals surface area (Å²) in [5.74, 6) is -0.203. The van der Waals surface area contributed by atoms with Gasteiger partial charge in [0.15, 0.2) is 11.5 Å². The Balaban J connectivity index is 1.37. The zero-order valence-electron chi connectivity index (χ0n) is 24.4. The van der Waals surface area contributed by atoms with Crippen LogP contribution in [0.4, 0.5) is 10.1 Å². The number of nitrogens with zero attached hydrogens (tertiary/aromatic N) is 5. The molecule has 1 aromatic carbocycles. The lowest BCUT2D eigenvalue weighted by Gasteiger charge is -2.17. The lowest BCUT2D eigenvalue weighted by Crippen LogP contribution is -2.27. The number of benzene rings is 1. The highest BCUT2D eigenvalue weighted by molar-refractivity contribution is 7.90. The largest absolute Gasteiger partial charge is 0.335 e. The molecule has 44 heavy (non-hydrogen) atoms. The van der Waals surface area contributed by atoms with E-state index in [0.717, 1.165) is 17.4 Å². The van der Waals surface area contributed by atoms with Crippen molar-refractivity contribution in [2.24, 2.45) is 5.41 Å². The van der Waals surface area contributed by atoms with Gasteiger partial charge in [-0.3, -0.25) is 19.9 Å². The van der Waals surface area contributed by atoms with Crippen LogP contribution in [-0.2, 0) is 21.1 Å². The Bertz CT molecular complexity index is 2170. The van der Waals surface area contributed by atoms with Gasteiger partial charge in [-0.25, -0.2) is 22.8 Å². The molecule has 11 nitrogen and oxygen atoms in total. The van der Waals surface area contributed by atoms with Crippen LogP contribution in [0.3, 0.4) is 0 Å². The fourth-order valence-corrected chi connectivity index (χ4v) is 5.35. The maximum Gasteiger partial charge on any atom is 0.229 e. The van der Waals surface area contributed by atoms with Gasteiger partial charge in [-0.1, -0.05) is 26.8 Å². The standard InChI is InChI=1S/C31H29FN8O3S/c1-31(2,3)30(41)36-22-10-19(12-33-14-22)20-11-23-27(39-40-28(23)35-13-20)29-37-25-16-34-15-24(26(25)38-29)18-7-17(8-21(32)9-18)5-6-44(4,42)43/h7-16H,5-6H2,1-4H3,(H,36,41)(H,37,38)(H,35,39,40). The number of anilines is 1. The molecule has 0 saturated carbocycles. The number of fused-ring (bicyclic) bond motifs is 2. The van der Waals surface area contributed by atoms with Gasteiger partial charge in [0, 0.05) is 47.0 Å². The SMILES string of the molecule is CC(C)(C)C(=O)Nc1cncc(-c2cnc3n[nH]c(-c4nc5c(-c6cc(F)cc(CCS(C)(=O)=O)c6)cncc5[nH]4)c3c2)c1. The molecular formula is C31H29FN8O3S. The Kier molecular flexibility index (Phi) is 7.20. The Hall–Kier alpha value is -5.04. The number of amides is 1. The molecule has 1 amide bonds. The number of aromatic amines is 2. The molecule has 0 spiro atoms. The van der Waals surface area contributed by atoms with E-state index in [1.54, 1.807) is 37.1 Å². The second-order valence-electron chi connectivity index (χ2n) is 11.8. The first kappa shape index (κ1) is 29.1. The van der Waals surface area contributed by atoms with Gasteiger partial charge >= 0.3 is 0 Å². The van der Waals surface area contributed by atoms with Crippen LogP contribution in [0.1, 0.15) is 26.3 Å². The number of hydrogen-bond donors (Lipinski definition) is 3. The summed E-state index contributed by atoms with van der Waals surface area (Å²) in [6.07, 6.45) is 9.55. The number of halogens is 1. The van der Waals surface area contributed by atoms with Crippen molar-refractivity contribution in [2.75, 3.05) is 17.3 Å². The van der Waals surface area contributed by atoms with E-state index in [1.807, 2.05) is 32.9 Å². The van der Waals surface area contributed by atoms with Gasteiger partial charge in [-0.05, 0) is 41.8 Å². The summed E-state index contributed by atoms with van der Waals surface area (Å²) in [7, 11) is -3.21. The van der Waals surface area contributed by atoms with Crippen molar-refractivity contribution in [3.8, 4) is 33.8 Å². The van der Waals surface area contributed by atoms with Crippen molar-refractivity contribution < 1.29 is 17.6 Å². The smallest absolute Gasteiger partial charge is 0.229 e. The van der Waals surface area contributed by atoms with E-state index in [1.165, 1.54) is 12.1 Å². The minimum absolute atomic E-state index is 0.0836. The van der Waals surface area contributed by atoms with Crippen molar-refractivity contribution in [1.29, 1.82) is 0 Å². The third-order valence-corrected chi connectivity index (χ3v) is 8.03. The summed E-state index contributed by atoms with van der Waals surface area (Å²) in [5, 5.41) is 11.0. The number of pyridine rings is 3. The van der Waals surface area contributed by atoms with Crippen molar-refractivity contribution in [1.82, 2.24) is 35.1 Å². The number of carbonyl (C=O) groups is 1. The average molecular weight is 613 g/mol. The van der Waals surface area contributed by atoms with E-state index >= 15 is 0 Å². The summed E-state index contributed by atoms with van der Waals surface area (Å²) >= 11 is 0.